The molecule has 4 aromatic heterocycles. The average Bonchev–Trinajstić information content (AvgIpc) is 3.53. The molecule has 4 heterocycles. The van der Waals surface area contributed by atoms with Gasteiger partial charge in [0.05, 0.1) is 13.7 Å². The van der Waals surface area contributed by atoms with E-state index in [0.29, 0.717) is 41.7 Å². The number of aryl methyl sites for hydroxylation is 2. The molecule has 53 heavy (non-hydrogen) atoms. The molecule has 0 saturated carbocycles. The second-order valence-corrected chi connectivity index (χ2v) is 20.6. The summed E-state index contributed by atoms with van der Waals surface area (Å²) in [6, 6.07) is 28.4. The summed E-state index contributed by atoms with van der Waals surface area (Å²) in [6.45, 7) is 18.6. The predicted octanol–water partition coefficient (Wildman–Crippen LogP) is 11.3. The maximum atomic E-state index is 12.8. The minimum atomic E-state index is -2.23. The molecule has 5 nitrogen and oxygen atoms in total. The second kappa shape index (κ2) is 14.9. The van der Waals surface area contributed by atoms with Crippen LogP contribution in [0.25, 0.3) is 60.6 Å². The Morgan fingerprint density at radius 2 is 1.72 bits per heavy atom. The first-order valence-corrected chi connectivity index (χ1v) is 20.9. The van der Waals surface area contributed by atoms with Gasteiger partial charge in [-0.05, 0) is 69.8 Å². The average molecular weight is 896 g/mol. The first kappa shape index (κ1) is 34.0. The van der Waals surface area contributed by atoms with Gasteiger partial charge in [-0.25, -0.2) is 0 Å². The van der Waals surface area contributed by atoms with Gasteiger partial charge in [0.15, 0.2) is 11.1 Å². The molecule has 8 heteroatoms. The molecule has 0 N–H and O–H groups in total. The zero-order chi connectivity index (χ0) is 39.3. The molecular formula is C45H41FIrN4OSi-2. The molecule has 0 bridgehead atoms. The summed E-state index contributed by atoms with van der Waals surface area (Å²) in [6.07, 6.45) is 5.45. The van der Waals surface area contributed by atoms with Crippen molar-refractivity contribution in [2.45, 2.75) is 66.5 Å². The quantitative estimate of drug-likeness (QED) is 0.130. The minimum Gasteiger partial charge on any atom is -0.471 e. The van der Waals surface area contributed by atoms with Gasteiger partial charge in [0, 0.05) is 48.0 Å². The number of benzene rings is 3. The standard InChI is InChI=1S/C31H26N3O.C14H15FNSi.Ir/c1-18-17-33-27-20-12-14-23-28-30(24(15-26(32-5)34-28)19-9-7-6-8-10-19)35-29(23)22(20)13-11-21(27)25(18)16-31(2,3)4;1-17(2,3)13-8-9-14(16-10-13)11-4-6-12(15)7-5-11;/h6-10,14-15,17H,11,13,16H2,1-4H3;4,6-10H,1-3H3;/q2*-1;/i1D3;;. The van der Waals surface area contributed by atoms with Crippen LogP contribution in [-0.2, 0) is 39.4 Å². The Morgan fingerprint density at radius 1 is 0.943 bits per heavy atom. The van der Waals surface area contributed by atoms with Crippen LogP contribution in [0.15, 0.2) is 89.6 Å². The van der Waals surface area contributed by atoms with Crippen molar-refractivity contribution in [3.8, 4) is 33.6 Å². The summed E-state index contributed by atoms with van der Waals surface area (Å²) in [7, 11) is -1.30. The van der Waals surface area contributed by atoms with Crippen LogP contribution < -0.4 is 5.19 Å². The topological polar surface area (TPSA) is 56.2 Å². The van der Waals surface area contributed by atoms with Crippen molar-refractivity contribution >= 4 is 41.1 Å². The molecule has 1 aliphatic rings. The van der Waals surface area contributed by atoms with Gasteiger partial charge in [0.2, 0.25) is 0 Å². The zero-order valence-electron chi connectivity index (χ0n) is 33.6. The van der Waals surface area contributed by atoms with Gasteiger partial charge in [0.1, 0.15) is 0 Å². The summed E-state index contributed by atoms with van der Waals surface area (Å²) in [5.41, 5.74) is 10.2. The molecule has 0 spiro atoms. The summed E-state index contributed by atoms with van der Waals surface area (Å²) >= 11 is 0. The third-order valence-electron chi connectivity index (χ3n) is 9.35. The molecule has 1 aliphatic carbocycles. The zero-order valence-corrected chi connectivity index (χ0v) is 34.0. The SMILES string of the molecule is C[Si](C)(C)c1ccc(-c2[c-]cc(F)cc2)nc1.[2H]C([2H])([2H])c1cnc2c(c1CC(C)(C)C)CCc1c-2[c-]cc2c1oc1c(-c3ccccc3)cc([N+]#[C-])nc12.[Ir]. The van der Waals surface area contributed by atoms with Crippen molar-refractivity contribution < 1.29 is 33.0 Å². The number of rotatable bonds is 4. The molecule has 0 unspecified atom stereocenters. The third kappa shape index (κ3) is 7.80. The maximum Gasteiger partial charge on any atom is 0.270 e. The number of aromatic nitrogens is 3. The van der Waals surface area contributed by atoms with Crippen LogP contribution in [-0.4, -0.2) is 23.0 Å². The fraction of sp³-hybridized carbons (Fsp3) is 0.244. The Hall–Kier alpha value is -4.80. The molecule has 0 atom stereocenters. The molecule has 0 fully saturated rings. The first-order chi connectivity index (χ1) is 26.0. The normalized spacial score (nSPS) is 13.4. The molecule has 0 aliphatic heterocycles. The van der Waals surface area contributed by atoms with E-state index in [2.05, 4.69) is 78.4 Å². The molecule has 269 valence electrons. The molecular weight excluding hydrogens is 852 g/mol. The van der Waals surface area contributed by atoms with E-state index < -0.39 is 14.9 Å². The monoisotopic (exact) mass is 896 g/mol. The van der Waals surface area contributed by atoms with Gasteiger partial charge in [-0.2, -0.15) is 0 Å². The molecule has 7 aromatic rings. The number of halogens is 1. The molecule has 8 rings (SSSR count). The van der Waals surface area contributed by atoms with Crippen LogP contribution in [0.2, 0.25) is 19.6 Å². The number of pyridine rings is 3. The van der Waals surface area contributed by atoms with E-state index in [0.717, 1.165) is 61.3 Å². The molecule has 1 radical (unpaired) electrons. The smallest absolute Gasteiger partial charge is 0.270 e. The third-order valence-corrected chi connectivity index (χ3v) is 11.4. The van der Waals surface area contributed by atoms with Crippen molar-refractivity contribution in [2.75, 3.05) is 0 Å². The van der Waals surface area contributed by atoms with Crippen LogP contribution >= 0.6 is 0 Å². The van der Waals surface area contributed by atoms with Crippen molar-refractivity contribution in [3.63, 3.8) is 0 Å². The van der Waals surface area contributed by atoms with E-state index in [1.54, 1.807) is 12.1 Å². The van der Waals surface area contributed by atoms with E-state index in [4.69, 9.17) is 15.1 Å². The summed E-state index contributed by atoms with van der Waals surface area (Å²) in [4.78, 5) is 17.3. The summed E-state index contributed by atoms with van der Waals surface area (Å²) in [5.74, 6) is 0.0419. The molecule has 0 amide bonds. The second-order valence-electron chi connectivity index (χ2n) is 15.5. The Kier molecular flexibility index (Phi) is 9.56. The van der Waals surface area contributed by atoms with Crippen LogP contribution in [0.3, 0.4) is 0 Å². The Labute approximate surface area is 330 Å². The fourth-order valence-electron chi connectivity index (χ4n) is 6.73. The Bertz CT molecular complexity index is 2590. The fourth-order valence-corrected chi connectivity index (χ4v) is 7.77. The van der Waals surface area contributed by atoms with Gasteiger partial charge in [-0.1, -0.05) is 107 Å². The minimum absolute atomic E-state index is 0. The van der Waals surface area contributed by atoms with Crippen molar-refractivity contribution in [1.82, 2.24) is 15.0 Å². The van der Waals surface area contributed by atoms with Crippen molar-refractivity contribution in [3.05, 3.63) is 137 Å². The van der Waals surface area contributed by atoms with Crippen LogP contribution in [0.4, 0.5) is 10.2 Å². The number of hydrogen-bond acceptors (Lipinski definition) is 4. The summed E-state index contributed by atoms with van der Waals surface area (Å²) < 4.78 is 43.7. The van der Waals surface area contributed by atoms with Gasteiger partial charge in [0.25, 0.3) is 5.82 Å². The molecule has 3 aromatic carbocycles. The van der Waals surface area contributed by atoms with E-state index in [1.807, 2.05) is 48.7 Å². The van der Waals surface area contributed by atoms with E-state index >= 15 is 0 Å². The Morgan fingerprint density at radius 3 is 2.36 bits per heavy atom. The van der Waals surface area contributed by atoms with Crippen LogP contribution in [0.1, 0.15) is 47.1 Å². The largest absolute Gasteiger partial charge is 0.471 e. The maximum absolute atomic E-state index is 12.8. The van der Waals surface area contributed by atoms with E-state index in [1.165, 1.54) is 23.5 Å². The summed E-state index contributed by atoms with van der Waals surface area (Å²) in [5, 5.41) is 2.14. The van der Waals surface area contributed by atoms with Gasteiger partial charge in [-0.3, -0.25) is 4.39 Å². The van der Waals surface area contributed by atoms with Crippen molar-refractivity contribution in [2.24, 2.45) is 5.41 Å². The van der Waals surface area contributed by atoms with Gasteiger partial charge in [-0.15, -0.1) is 52.5 Å². The first-order valence-electron chi connectivity index (χ1n) is 18.9. The van der Waals surface area contributed by atoms with Crippen LogP contribution in [0.5, 0.6) is 0 Å². The van der Waals surface area contributed by atoms with E-state index in [-0.39, 0.29) is 31.3 Å². The number of nitrogens with zero attached hydrogens (tertiary/aromatic N) is 4. The van der Waals surface area contributed by atoms with E-state index in [9.17, 15) is 4.39 Å². The predicted molar refractivity (Wildman–Crippen MR) is 212 cm³/mol. The number of furan rings is 1. The van der Waals surface area contributed by atoms with Crippen molar-refractivity contribution in [1.29, 1.82) is 0 Å². The van der Waals surface area contributed by atoms with Crippen LogP contribution in [0, 0.1) is 36.8 Å². The van der Waals surface area contributed by atoms with Gasteiger partial charge < -0.3 is 19.2 Å². The Balaban J connectivity index is 0.000000248. The van der Waals surface area contributed by atoms with Gasteiger partial charge >= 0.3 is 0 Å². The number of fused-ring (bicyclic) bond motifs is 7. The molecule has 0 saturated heterocycles. The number of hydrogen-bond donors (Lipinski definition) is 0.